The summed E-state index contributed by atoms with van der Waals surface area (Å²) in [7, 11) is 0. The van der Waals surface area contributed by atoms with E-state index in [-0.39, 0.29) is 34.3 Å². The number of carbonyl (C=O) groups excluding carboxylic acids is 2. The Kier molecular flexibility index (Phi) is 7.91. The number of Topliss-reactive ketones (excluding diaryl/α,β-unsaturated/α-hetero) is 2. The van der Waals surface area contributed by atoms with E-state index in [1.807, 2.05) is 0 Å². The fourth-order valence-electron chi connectivity index (χ4n) is 0.280. The lowest BCUT2D eigenvalue weighted by atomic mass is 10.2. The summed E-state index contributed by atoms with van der Waals surface area (Å²) in [5.41, 5.74) is 0. The van der Waals surface area contributed by atoms with Gasteiger partial charge in [-0.3, -0.25) is 9.59 Å². The Morgan fingerprint density at radius 2 is 1.73 bits per heavy atom. The number of ketones is 2. The fourth-order valence-corrected chi connectivity index (χ4v) is 1.73. The minimum Gasteiger partial charge on any atom is -0.297 e. The molecule has 0 fully saturated rings. The molecule has 6 heteroatoms. The molecule has 11 heavy (non-hydrogen) atoms. The van der Waals surface area contributed by atoms with E-state index in [1.54, 1.807) is 0 Å². The van der Waals surface area contributed by atoms with Crippen molar-refractivity contribution in [3.05, 3.63) is 0 Å². The number of hydrogen-bond donors (Lipinski definition) is 0. The zero-order chi connectivity index (χ0) is 8.36. The molecule has 0 aromatic carbocycles. The first kappa shape index (κ1) is 14.8. The van der Waals surface area contributed by atoms with Crippen LogP contribution in [-0.4, -0.2) is 37.5 Å². The summed E-state index contributed by atoms with van der Waals surface area (Å²) in [6.45, 7) is 1.34. The second-order valence-electron chi connectivity index (χ2n) is 1.69. The third-order valence-electron chi connectivity index (χ3n) is 0.914. The molecule has 0 rings (SSSR count). The van der Waals surface area contributed by atoms with E-state index in [4.69, 9.17) is 0 Å². The lowest BCUT2D eigenvalue weighted by Crippen LogP contribution is -2.33. The van der Waals surface area contributed by atoms with Gasteiger partial charge < -0.3 is 0 Å². The molecule has 0 N–H and O–H groups in total. The van der Waals surface area contributed by atoms with E-state index in [0.29, 0.717) is 0 Å². The van der Waals surface area contributed by atoms with Crippen LogP contribution in [0.1, 0.15) is 6.92 Å². The van der Waals surface area contributed by atoms with Crippen LogP contribution < -0.4 is 0 Å². The topological polar surface area (TPSA) is 34.1 Å². The first-order valence-electron chi connectivity index (χ1n) is 2.41. The van der Waals surface area contributed by atoms with Crippen molar-refractivity contribution in [2.24, 2.45) is 0 Å². The Morgan fingerprint density at radius 3 is 1.82 bits per heavy atom. The van der Waals surface area contributed by atoms with Gasteiger partial charge in [-0.15, -0.1) is 0 Å². The summed E-state index contributed by atoms with van der Waals surface area (Å²) in [5, 5.41) is 0.156. The van der Waals surface area contributed by atoms with E-state index in [1.165, 1.54) is 6.92 Å². The predicted octanol–water partition coefficient (Wildman–Crippen LogP) is 0.842. The van der Waals surface area contributed by atoms with Gasteiger partial charge in [0.15, 0.2) is 32.2 Å². The van der Waals surface area contributed by atoms with Gasteiger partial charge in [0, 0.05) is 0 Å². The van der Waals surface area contributed by atoms with Gasteiger partial charge in [0.05, 0.1) is 5.33 Å². The number of hydrogen-bond acceptors (Lipinski definition) is 2. The Balaban J connectivity index is 0. The average Bonchev–Trinajstić information content (AvgIpc) is 1.86. The summed E-state index contributed by atoms with van der Waals surface area (Å²) in [4.78, 5) is 21.6. The highest BCUT2D eigenvalue weighted by molar-refractivity contribution is 9.26. The number of alkyl halides is 3. The molecular weight excluding hydrogens is 359 g/mol. The number of carbonyl (C=O) groups is 2. The van der Waals surface area contributed by atoms with Crippen molar-refractivity contribution in [2.45, 2.75) is 10.2 Å². The molecule has 0 bridgehead atoms. The summed E-state index contributed by atoms with van der Waals surface area (Å²) in [6.07, 6.45) is 0. The van der Waals surface area contributed by atoms with Gasteiger partial charge in [0.25, 0.3) is 0 Å². The Bertz CT molecular complexity index is 169. The van der Waals surface area contributed by atoms with Gasteiger partial charge >= 0.3 is 0 Å². The fraction of sp³-hybridized carbons (Fsp3) is 0.600. The normalized spacial score (nSPS) is 10.2. The summed E-state index contributed by atoms with van der Waals surface area (Å²) in [5.74, 6) is -0.489. The molecule has 0 saturated heterocycles. The molecule has 0 spiro atoms. The van der Waals surface area contributed by atoms with E-state index in [2.05, 4.69) is 47.8 Å². The molecule has 0 heterocycles. The van der Waals surface area contributed by atoms with Crippen molar-refractivity contribution >= 4 is 76.7 Å². The molecule has 0 amide bonds. The molecule has 64 valence electrons. The Morgan fingerprint density at radius 1 is 1.36 bits per heavy atom. The molecule has 0 aliphatic carbocycles. The van der Waals surface area contributed by atoms with Crippen LogP contribution in [0.4, 0.5) is 0 Å². The van der Waals surface area contributed by atoms with Crippen LogP contribution in [0.15, 0.2) is 0 Å². The Labute approximate surface area is 101 Å². The zero-order valence-electron chi connectivity index (χ0n) is 5.16. The van der Waals surface area contributed by atoms with Crippen molar-refractivity contribution < 1.29 is 9.59 Å². The van der Waals surface area contributed by atoms with Gasteiger partial charge in [-0.25, -0.2) is 0 Å². The quantitative estimate of drug-likeness (QED) is 0.421. The van der Waals surface area contributed by atoms with Gasteiger partial charge in [-0.05, 0) is 6.92 Å². The predicted molar refractivity (Wildman–Crippen MR) is 60.0 cm³/mol. The second kappa shape index (κ2) is 5.87. The molecule has 0 atom stereocenters. The van der Waals surface area contributed by atoms with Crippen LogP contribution in [0.3, 0.4) is 0 Å². The van der Waals surface area contributed by atoms with E-state index < -0.39 is 3.23 Å². The van der Waals surface area contributed by atoms with Crippen LogP contribution in [0.2, 0.25) is 0 Å². The lowest BCUT2D eigenvalue weighted by molar-refractivity contribution is -0.124. The maximum atomic E-state index is 10.9. The third-order valence-corrected chi connectivity index (χ3v) is 3.42. The van der Waals surface area contributed by atoms with E-state index in [0.717, 1.165) is 0 Å². The Hall–Kier alpha value is 1.31. The maximum Gasteiger partial charge on any atom is 0.196 e. The lowest BCUT2D eigenvalue weighted by Gasteiger charge is -2.12. The minimum absolute atomic E-state index is 0. The minimum atomic E-state index is -1.19. The van der Waals surface area contributed by atoms with Gasteiger partial charge in [-0.1, -0.05) is 47.8 Å². The highest BCUT2D eigenvalue weighted by atomic mass is 79.9. The molecule has 0 saturated carbocycles. The standard InChI is InChI=1S/C5H5Br3O2.Al.3H/c1-3(9)5(7,8)4(10)2-6;;;;/h2H2,1H3;;;;. The van der Waals surface area contributed by atoms with Gasteiger partial charge in [0.1, 0.15) is 0 Å². The summed E-state index contributed by atoms with van der Waals surface area (Å²) < 4.78 is -1.19. The van der Waals surface area contributed by atoms with Crippen LogP contribution in [0.5, 0.6) is 0 Å². The van der Waals surface area contributed by atoms with Crippen molar-refractivity contribution in [3.8, 4) is 0 Å². The zero-order valence-corrected chi connectivity index (χ0v) is 9.92. The van der Waals surface area contributed by atoms with Crippen molar-refractivity contribution in [2.75, 3.05) is 5.33 Å². The molecular formula is C5H8AlBr3O2. The maximum absolute atomic E-state index is 10.9. The second-order valence-corrected chi connectivity index (χ2v) is 5.69. The van der Waals surface area contributed by atoms with Crippen LogP contribution in [0, 0.1) is 0 Å². The van der Waals surface area contributed by atoms with Crippen molar-refractivity contribution in [3.63, 3.8) is 0 Å². The summed E-state index contributed by atoms with van der Waals surface area (Å²) in [6, 6.07) is 0. The average molecular weight is 367 g/mol. The van der Waals surface area contributed by atoms with Gasteiger partial charge in [0.2, 0.25) is 0 Å². The number of rotatable bonds is 3. The highest BCUT2D eigenvalue weighted by Crippen LogP contribution is 2.28. The van der Waals surface area contributed by atoms with E-state index in [9.17, 15) is 9.59 Å². The molecule has 0 aromatic rings. The molecule has 0 radical (unpaired) electrons. The highest BCUT2D eigenvalue weighted by Gasteiger charge is 2.36. The number of halogens is 3. The molecule has 2 nitrogen and oxygen atoms in total. The SMILES string of the molecule is CC(=O)C(Br)(Br)C(=O)CBr.[AlH3]. The molecule has 0 aromatic heterocycles. The van der Waals surface area contributed by atoms with Crippen molar-refractivity contribution in [1.82, 2.24) is 0 Å². The van der Waals surface area contributed by atoms with Gasteiger partial charge in [-0.2, -0.15) is 0 Å². The van der Waals surface area contributed by atoms with Crippen molar-refractivity contribution in [1.29, 1.82) is 0 Å². The molecule has 0 aliphatic rings. The third kappa shape index (κ3) is 4.18. The van der Waals surface area contributed by atoms with Crippen LogP contribution in [-0.2, 0) is 9.59 Å². The molecule has 0 aliphatic heterocycles. The van der Waals surface area contributed by atoms with Crippen LogP contribution >= 0.6 is 47.8 Å². The van der Waals surface area contributed by atoms with E-state index >= 15 is 0 Å². The molecule has 0 unspecified atom stereocenters. The monoisotopic (exact) mass is 364 g/mol. The largest absolute Gasteiger partial charge is 0.297 e. The summed E-state index contributed by atoms with van der Waals surface area (Å²) >= 11 is 8.88. The van der Waals surface area contributed by atoms with Crippen LogP contribution in [0.25, 0.3) is 0 Å². The first-order chi connectivity index (χ1) is 4.42. The first-order valence-corrected chi connectivity index (χ1v) is 5.11. The smallest absolute Gasteiger partial charge is 0.196 e.